The van der Waals surface area contributed by atoms with Gasteiger partial charge < -0.3 is 10.2 Å². The molecule has 0 spiro atoms. The maximum absolute atomic E-state index is 4.73. The van der Waals surface area contributed by atoms with E-state index >= 15 is 0 Å². The largest absolute Gasteiger partial charge is 0.350 e. The van der Waals surface area contributed by atoms with Crippen LogP contribution in [0.5, 0.6) is 0 Å². The summed E-state index contributed by atoms with van der Waals surface area (Å²) in [6, 6.07) is 8.55. The summed E-state index contributed by atoms with van der Waals surface area (Å²) in [7, 11) is 0. The molecule has 3 rings (SSSR count). The first-order valence-corrected chi connectivity index (χ1v) is 6.57. The van der Waals surface area contributed by atoms with E-state index in [1.165, 1.54) is 0 Å². The second kappa shape index (κ2) is 4.90. The molecule has 94 valence electrons. The monoisotopic (exact) mass is 242 g/mol. The molecular formula is C14H18N4. The van der Waals surface area contributed by atoms with Crippen LogP contribution in [0.15, 0.2) is 30.5 Å². The highest BCUT2D eigenvalue weighted by atomic mass is 15.3. The van der Waals surface area contributed by atoms with E-state index in [0.29, 0.717) is 6.04 Å². The topological polar surface area (TPSA) is 41.0 Å². The van der Waals surface area contributed by atoms with Gasteiger partial charge in [0.25, 0.3) is 0 Å². The lowest BCUT2D eigenvalue weighted by Crippen LogP contribution is -2.51. The molecule has 1 fully saturated rings. The van der Waals surface area contributed by atoms with Gasteiger partial charge in [-0.15, -0.1) is 0 Å². The van der Waals surface area contributed by atoms with Gasteiger partial charge in [-0.3, -0.25) is 4.98 Å². The molecule has 1 aromatic heterocycles. The third-order valence-electron chi connectivity index (χ3n) is 3.55. The van der Waals surface area contributed by atoms with Crippen molar-refractivity contribution < 1.29 is 0 Å². The Balaban J connectivity index is 1.97. The first-order valence-electron chi connectivity index (χ1n) is 6.57. The summed E-state index contributed by atoms with van der Waals surface area (Å²) in [6.45, 7) is 5.28. The Morgan fingerprint density at radius 1 is 1.33 bits per heavy atom. The summed E-state index contributed by atoms with van der Waals surface area (Å²) < 4.78 is 0. The van der Waals surface area contributed by atoms with E-state index in [1.807, 2.05) is 30.5 Å². The van der Waals surface area contributed by atoms with Gasteiger partial charge in [0.2, 0.25) is 0 Å². The molecule has 0 radical (unpaired) electrons. The normalized spacial score (nSPS) is 20.3. The van der Waals surface area contributed by atoms with Gasteiger partial charge in [-0.25, -0.2) is 4.98 Å². The SMILES string of the molecule is CCC1CNCCN1c1cnc2ccccc2n1. The van der Waals surface area contributed by atoms with Crippen LogP contribution >= 0.6 is 0 Å². The number of anilines is 1. The van der Waals surface area contributed by atoms with Crippen molar-refractivity contribution in [3.05, 3.63) is 30.5 Å². The van der Waals surface area contributed by atoms with E-state index in [4.69, 9.17) is 4.98 Å². The Hall–Kier alpha value is -1.68. The van der Waals surface area contributed by atoms with Crippen LogP contribution in [0.4, 0.5) is 5.82 Å². The van der Waals surface area contributed by atoms with Crippen LogP contribution in [0.3, 0.4) is 0 Å². The summed E-state index contributed by atoms with van der Waals surface area (Å²) in [5, 5.41) is 3.43. The zero-order chi connectivity index (χ0) is 12.4. The highest BCUT2D eigenvalue weighted by Gasteiger charge is 2.21. The standard InChI is InChI=1S/C14H18N4/c1-2-11-9-15-7-8-18(11)14-10-16-12-5-3-4-6-13(12)17-14/h3-6,10-11,15H,2,7-9H2,1H3. The molecule has 18 heavy (non-hydrogen) atoms. The molecule has 1 aliphatic heterocycles. The fourth-order valence-corrected chi connectivity index (χ4v) is 2.51. The average Bonchev–Trinajstić information content (AvgIpc) is 2.46. The minimum atomic E-state index is 0.522. The smallest absolute Gasteiger partial charge is 0.148 e. The molecule has 1 aliphatic rings. The molecule has 0 amide bonds. The number of piperazine rings is 1. The van der Waals surface area contributed by atoms with Crippen LogP contribution in [0.1, 0.15) is 13.3 Å². The second-order valence-electron chi connectivity index (χ2n) is 4.68. The van der Waals surface area contributed by atoms with Crippen LogP contribution in [-0.2, 0) is 0 Å². The lowest BCUT2D eigenvalue weighted by atomic mass is 10.1. The summed E-state index contributed by atoms with van der Waals surface area (Å²) in [6.07, 6.45) is 3.03. The van der Waals surface area contributed by atoms with E-state index in [0.717, 1.165) is 42.9 Å². The summed E-state index contributed by atoms with van der Waals surface area (Å²) in [5.41, 5.74) is 1.94. The third-order valence-corrected chi connectivity index (χ3v) is 3.55. The maximum Gasteiger partial charge on any atom is 0.148 e. The Bertz CT molecular complexity index is 540. The van der Waals surface area contributed by atoms with Gasteiger partial charge >= 0.3 is 0 Å². The van der Waals surface area contributed by atoms with Crippen molar-refractivity contribution >= 4 is 16.9 Å². The second-order valence-corrected chi connectivity index (χ2v) is 4.68. The minimum absolute atomic E-state index is 0.522. The Labute approximate surface area is 107 Å². The lowest BCUT2D eigenvalue weighted by Gasteiger charge is -2.36. The predicted molar refractivity (Wildman–Crippen MR) is 73.8 cm³/mol. The Morgan fingerprint density at radius 2 is 2.17 bits per heavy atom. The first-order chi connectivity index (χ1) is 8.88. The summed E-state index contributed by atoms with van der Waals surface area (Å²) in [4.78, 5) is 11.6. The number of hydrogen-bond acceptors (Lipinski definition) is 4. The number of nitrogens with one attached hydrogen (secondary N) is 1. The van der Waals surface area contributed by atoms with Crippen molar-refractivity contribution in [3.8, 4) is 0 Å². The molecule has 1 aromatic carbocycles. The van der Waals surface area contributed by atoms with Gasteiger partial charge in [0.05, 0.1) is 17.2 Å². The number of hydrogen-bond donors (Lipinski definition) is 1. The summed E-state index contributed by atoms with van der Waals surface area (Å²) >= 11 is 0. The molecule has 0 saturated carbocycles. The number of fused-ring (bicyclic) bond motifs is 1. The fraction of sp³-hybridized carbons (Fsp3) is 0.429. The van der Waals surface area contributed by atoms with E-state index in [9.17, 15) is 0 Å². The zero-order valence-electron chi connectivity index (χ0n) is 10.6. The van der Waals surface area contributed by atoms with Crippen molar-refractivity contribution in [2.75, 3.05) is 24.5 Å². The van der Waals surface area contributed by atoms with Crippen LogP contribution in [0.25, 0.3) is 11.0 Å². The Kier molecular flexibility index (Phi) is 3.11. The van der Waals surface area contributed by atoms with Gasteiger partial charge in [-0.1, -0.05) is 19.1 Å². The number of rotatable bonds is 2. The Morgan fingerprint density at radius 3 is 3.00 bits per heavy atom. The molecule has 1 N–H and O–H groups in total. The molecule has 1 unspecified atom stereocenters. The molecule has 4 heteroatoms. The molecule has 1 atom stereocenters. The van der Waals surface area contributed by atoms with Crippen molar-refractivity contribution in [1.82, 2.24) is 15.3 Å². The number of aromatic nitrogens is 2. The highest BCUT2D eigenvalue weighted by molar-refractivity contribution is 5.75. The van der Waals surface area contributed by atoms with Crippen molar-refractivity contribution in [2.45, 2.75) is 19.4 Å². The maximum atomic E-state index is 4.73. The average molecular weight is 242 g/mol. The van der Waals surface area contributed by atoms with Gasteiger partial charge in [-0.2, -0.15) is 0 Å². The highest BCUT2D eigenvalue weighted by Crippen LogP contribution is 2.19. The van der Waals surface area contributed by atoms with Crippen LogP contribution in [0.2, 0.25) is 0 Å². The van der Waals surface area contributed by atoms with Crippen LogP contribution < -0.4 is 10.2 Å². The van der Waals surface area contributed by atoms with Crippen LogP contribution in [-0.4, -0.2) is 35.6 Å². The molecule has 0 bridgehead atoms. The van der Waals surface area contributed by atoms with E-state index in [2.05, 4.69) is 22.1 Å². The fourth-order valence-electron chi connectivity index (χ4n) is 2.51. The third kappa shape index (κ3) is 2.04. The molecule has 2 heterocycles. The quantitative estimate of drug-likeness (QED) is 0.872. The van der Waals surface area contributed by atoms with Crippen molar-refractivity contribution in [2.24, 2.45) is 0 Å². The first kappa shape index (κ1) is 11.4. The van der Waals surface area contributed by atoms with Gasteiger partial charge in [0.1, 0.15) is 5.82 Å². The van der Waals surface area contributed by atoms with E-state index in [1.54, 1.807) is 0 Å². The molecule has 2 aromatic rings. The van der Waals surface area contributed by atoms with Crippen molar-refractivity contribution in [1.29, 1.82) is 0 Å². The van der Waals surface area contributed by atoms with Crippen LogP contribution in [0, 0.1) is 0 Å². The molecule has 4 nitrogen and oxygen atoms in total. The number of nitrogens with zero attached hydrogens (tertiary/aromatic N) is 3. The molecule has 0 aliphatic carbocycles. The summed E-state index contributed by atoms with van der Waals surface area (Å²) in [5.74, 6) is 1.00. The minimum Gasteiger partial charge on any atom is -0.350 e. The molecular weight excluding hydrogens is 224 g/mol. The zero-order valence-corrected chi connectivity index (χ0v) is 10.6. The van der Waals surface area contributed by atoms with Gasteiger partial charge in [0.15, 0.2) is 0 Å². The predicted octanol–water partition coefficient (Wildman–Crippen LogP) is 1.82. The van der Waals surface area contributed by atoms with Gasteiger partial charge in [0, 0.05) is 25.7 Å². The lowest BCUT2D eigenvalue weighted by molar-refractivity contribution is 0.463. The number of benzene rings is 1. The number of para-hydroxylation sites is 2. The van der Waals surface area contributed by atoms with Gasteiger partial charge in [-0.05, 0) is 18.6 Å². The van der Waals surface area contributed by atoms with E-state index < -0.39 is 0 Å². The van der Waals surface area contributed by atoms with E-state index in [-0.39, 0.29) is 0 Å². The van der Waals surface area contributed by atoms with Crippen molar-refractivity contribution in [3.63, 3.8) is 0 Å². The molecule has 1 saturated heterocycles.